The molecule has 1 amide bonds. The Hall–Kier alpha value is -3.23. The number of nitrogens with zero attached hydrogens (tertiary/aromatic N) is 5. The second-order valence-corrected chi connectivity index (χ2v) is 9.33. The van der Waals surface area contributed by atoms with E-state index in [4.69, 9.17) is 4.37 Å². The van der Waals surface area contributed by atoms with Gasteiger partial charge in [-0.2, -0.15) is 9.47 Å². The fourth-order valence-electron chi connectivity index (χ4n) is 4.34. The van der Waals surface area contributed by atoms with E-state index in [0.717, 1.165) is 56.3 Å². The van der Waals surface area contributed by atoms with Crippen molar-refractivity contribution in [1.29, 1.82) is 0 Å². The lowest BCUT2D eigenvalue weighted by atomic mass is 10.1. The molecule has 33 heavy (non-hydrogen) atoms. The molecule has 2 aromatic heterocycles. The Morgan fingerprint density at radius 2 is 1.82 bits per heavy atom. The first kappa shape index (κ1) is 21.6. The maximum absolute atomic E-state index is 12.5. The smallest absolute Gasteiger partial charge is 0.273 e. The first-order chi connectivity index (χ1) is 16.1. The highest BCUT2D eigenvalue weighted by Crippen LogP contribution is 2.29. The van der Waals surface area contributed by atoms with Crippen molar-refractivity contribution >= 4 is 39.0 Å². The third-order valence-corrected chi connectivity index (χ3v) is 7.01. The fraction of sp³-hybridized carbons (Fsp3) is 0.320. The molecule has 4 aromatic rings. The van der Waals surface area contributed by atoms with Crippen LogP contribution in [0.1, 0.15) is 21.7 Å². The second kappa shape index (κ2) is 9.33. The topological polar surface area (TPSA) is 66.3 Å². The molecular weight excluding hydrogens is 432 g/mol. The van der Waals surface area contributed by atoms with Crippen LogP contribution in [0.5, 0.6) is 0 Å². The molecule has 0 unspecified atom stereocenters. The highest BCUT2D eigenvalue weighted by molar-refractivity contribution is 7.13. The summed E-state index contributed by atoms with van der Waals surface area (Å²) in [5.74, 6) is 0.991. The summed E-state index contributed by atoms with van der Waals surface area (Å²) in [6.45, 7) is 7.02. The van der Waals surface area contributed by atoms with Crippen molar-refractivity contribution in [2.24, 2.45) is 7.05 Å². The molecule has 1 N–H and O–H groups in total. The zero-order valence-electron chi connectivity index (χ0n) is 19.0. The maximum atomic E-state index is 12.5. The number of carbonyl (C=O) groups excluding carboxylic acids is 1. The van der Waals surface area contributed by atoms with Crippen molar-refractivity contribution in [3.8, 4) is 0 Å². The minimum atomic E-state index is -0.142. The van der Waals surface area contributed by atoms with Gasteiger partial charge >= 0.3 is 0 Å². The Morgan fingerprint density at radius 3 is 2.55 bits per heavy atom. The summed E-state index contributed by atoms with van der Waals surface area (Å²) in [5, 5.41) is 8.45. The zero-order chi connectivity index (χ0) is 22.8. The van der Waals surface area contributed by atoms with Crippen molar-refractivity contribution in [1.82, 2.24) is 19.1 Å². The molecule has 0 atom stereocenters. The molecule has 0 bridgehead atoms. The molecule has 8 heteroatoms. The number of piperazine rings is 1. The Kier molecular flexibility index (Phi) is 6.11. The molecule has 1 aliphatic heterocycles. The van der Waals surface area contributed by atoms with Crippen LogP contribution in [-0.2, 0) is 13.5 Å². The first-order valence-corrected chi connectivity index (χ1v) is 12.1. The highest BCUT2D eigenvalue weighted by Gasteiger charge is 2.20. The summed E-state index contributed by atoms with van der Waals surface area (Å²) < 4.78 is 7.57. The lowest BCUT2D eigenvalue weighted by molar-refractivity contribution is 0.101. The van der Waals surface area contributed by atoms with Gasteiger partial charge in [-0.1, -0.05) is 24.3 Å². The Morgan fingerprint density at radius 1 is 1.06 bits per heavy atom. The van der Waals surface area contributed by atoms with Crippen LogP contribution in [0.2, 0.25) is 0 Å². The third-order valence-electron chi connectivity index (χ3n) is 6.19. The lowest BCUT2D eigenvalue weighted by Gasteiger charge is -2.35. The standard InChI is InChI=1S/C25H28N6OS/c1-18-17-22(29(2)27-18)25(32)26-20-9-7-19(8-10-20)11-12-30-13-15-31(16-14-30)24-21-5-3-4-6-23(21)33-28-24/h3-10,17H,11-16H2,1-2H3,(H,26,32). The maximum Gasteiger partial charge on any atom is 0.273 e. The van der Waals surface area contributed by atoms with Gasteiger partial charge in [-0.05, 0) is 60.8 Å². The van der Waals surface area contributed by atoms with E-state index >= 15 is 0 Å². The molecule has 0 saturated carbocycles. The van der Waals surface area contributed by atoms with Crippen molar-refractivity contribution in [3.05, 3.63) is 71.5 Å². The van der Waals surface area contributed by atoms with E-state index in [1.54, 1.807) is 29.3 Å². The monoisotopic (exact) mass is 460 g/mol. The van der Waals surface area contributed by atoms with Gasteiger partial charge in [0.2, 0.25) is 0 Å². The number of benzene rings is 2. The molecule has 1 fully saturated rings. The molecule has 0 aliphatic carbocycles. The van der Waals surface area contributed by atoms with Crippen molar-refractivity contribution in [3.63, 3.8) is 0 Å². The van der Waals surface area contributed by atoms with Crippen LogP contribution < -0.4 is 10.2 Å². The van der Waals surface area contributed by atoms with Crippen LogP contribution in [0, 0.1) is 6.92 Å². The van der Waals surface area contributed by atoms with Crippen molar-refractivity contribution < 1.29 is 4.79 Å². The molecule has 0 spiro atoms. The number of amides is 1. The Balaban J connectivity index is 1.11. The van der Waals surface area contributed by atoms with Crippen molar-refractivity contribution in [2.45, 2.75) is 13.3 Å². The number of aryl methyl sites for hydroxylation is 2. The number of nitrogens with one attached hydrogen (secondary N) is 1. The quantitative estimate of drug-likeness (QED) is 0.472. The van der Waals surface area contributed by atoms with Crippen LogP contribution in [0.4, 0.5) is 11.5 Å². The van der Waals surface area contributed by atoms with Crippen LogP contribution in [0.25, 0.3) is 10.1 Å². The number of hydrogen-bond acceptors (Lipinski definition) is 6. The average molecular weight is 461 g/mol. The fourth-order valence-corrected chi connectivity index (χ4v) is 5.14. The van der Waals surface area contributed by atoms with E-state index in [9.17, 15) is 4.79 Å². The van der Waals surface area contributed by atoms with Gasteiger partial charge in [0.1, 0.15) is 11.5 Å². The average Bonchev–Trinajstić information content (AvgIpc) is 3.41. The normalized spacial score (nSPS) is 14.7. The summed E-state index contributed by atoms with van der Waals surface area (Å²) in [6.07, 6.45) is 0.995. The number of anilines is 2. The second-order valence-electron chi connectivity index (χ2n) is 8.53. The van der Waals surface area contributed by atoms with Gasteiger partial charge in [0.15, 0.2) is 0 Å². The predicted molar refractivity (Wildman–Crippen MR) is 134 cm³/mol. The number of fused-ring (bicyclic) bond motifs is 1. The summed E-state index contributed by atoms with van der Waals surface area (Å²) in [5.41, 5.74) is 3.46. The molecule has 170 valence electrons. The van der Waals surface area contributed by atoms with Gasteiger partial charge in [-0.15, -0.1) is 0 Å². The van der Waals surface area contributed by atoms with E-state index in [1.165, 1.54) is 15.6 Å². The number of hydrogen-bond donors (Lipinski definition) is 1. The molecule has 1 aliphatic rings. The first-order valence-electron chi connectivity index (χ1n) is 11.3. The Bertz CT molecular complexity index is 1250. The lowest BCUT2D eigenvalue weighted by Crippen LogP contribution is -2.47. The van der Waals surface area contributed by atoms with Gasteiger partial charge < -0.3 is 10.2 Å². The minimum absolute atomic E-state index is 0.142. The number of aromatic nitrogens is 3. The zero-order valence-corrected chi connectivity index (χ0v) is 19.8. The van der Waals surface area contributed by atoms with Crippen LogP contribution >= 0.6 is 11.5 Å². The van der Waals surface area contributed by atoms with Crippen LogP contribution in [0.3, 0.4) is 0 Å². The van der Waals surface area contributed by atoms with Gasteiger partial charge in [-0.25, -0.2) is 0 Å². The SMILES string of the molecule is Cc1cc(C(=O)Nc2ccc(CCN3CCN(c4nsc5ccccc45)CC3)cc2)n(C)n1. The van der Waals surface area contributed by atoms with E-state index in [-0.39, 0.29) is 5.91 Å². The molecule has 0 radical (unpaired) electrons. The number of carbonyl (C=O) groups is 1. The number of rotatable bonds is 6. The summed E-state index contributed by atoms with van der Waals surface area (Å²) >= 11 is 1.59. The van der Waals surface area contributed by atoms with Gasteiger partial charge in [0.05, 0.1) is 10.4 Å². The summed E-state index contributed by atoms with van der Waals surface area (Å²) in [4.78, 5) is 17.4. The molecule has 3 heterocycles. The highest BCUT2D eigenvalue weighted by atomic mass is 32.1. The van der Waals surface area contributed by atoms with Gasteiger partial charge in [0.25, 0.3) is 5.91 Å². The molecule has 2 aromatic carbocycles. The minimum Gasteiger partial charge on any atom is -0.353 e. The van der Waals surface area contributed by atoms with Crippen LogP contribution in [-0.4, -0.2) is 57.7 Å². The molecule has 5 rings (SSSR count). The molecule has 7 nitrogen and oxygen atoms in total. The van der Waals surface area contributed by atoms with E-state index < -0.39 is 0 Å². The summed E-state index contributed by atoms with van der Waals surface area (Å²) in [7, 11) is 1.78. The van der Waals surface area contributed by atoms with E-state index in [0.29, 0.717) is 5.69 Å². The van der Waals surface area contributed by atoms with Gasteiger partial charge in [0, 0.05) is 50.8 Å². The van der Waals surface area contributed by atoms with Crippen molar-refractivity contribution in [2.75, 3.05) is 42.9 Å². The Labute approximate surface area is 197 Å². The van der Waals surface area contributed by atoms with E-state index in [1.807, 2.05) is 19.1 Å². The van der Waals surface area contributed by atoms with E-state index in [2.05, 4.69) is 56.6 Å². The molecular formula is C25H28N6OS. The third kappa shape index (κ3) is 4.77. The predicted octanol–water partition coefficient (Wildman–Crippen LogP) is 3.96. The van der Waals surface area contributed by atoms with Gasteiger partial charge in [-0.3, -0.25) is 14.4 Å². The summed E-state index contributed by atoms with van der Waals surface area (Å²) in [6, 6.07) is 18.4. The molecule has 1 saturated heterocycles. The largest absolute Gasteiger partial charge is 0.353 e. The van der Waals surface area contributed by atoms with Crippen LogP contribution in [0.15, 0.2) is 54.6 Å².